The van der Waals surface area contributed by atoms with Crippen LogP contribution in [0.15, 0.2) is 42.9 Å². The Morgan fingerprint density at radius 3 is 2.58 bits per heavy atom. The van der Waals surface area contributed by atoms with Crippen molar-refractivity contribution in [3.8, 4) is 0 Å². The standard InChI is InChI=1S/C15H17N3O/c1-3-13(12-6-4-11(2)5-7-12)18-15(19)14-10-16-8-9-17-14/h4-10,13H,3H2,1-2H3,(H,18,19). The van der Waals surface area contributed by atoms with Gasteiger partial charge in [-0.1, -0.05) is 36.8 Å². The Balaban J connectivity index is 2.11. The van der Waals surface area contributed by atoms with Gasteiger partial charge in [-0.15, -0.1) is 0 Å². The highest BCUT2D eigenvalue weighted by Crippen LogP contribution is 2.17. The highest BCUT2D eigenvalue weighted by atomic mass is 16.1. The molecule has 0 aliphatic carbocycles. The van der Waals surface area contributed by atoms with Crippen LogP contribution in [-0.2, 0) is 0 Å². The van der Waals surface area contributed by atoms with Gasteiger partial charge >= 0.3 is 0 Å². The molecule has 2 aromatic rings. The van der Waals surface area contributed by atoms with Crippen molar-refractivity contribution in [2.45, 2.75) is 26.3 Å². The molecule has 1 atom stereocenters. The number of amides is 1. The molecule has 0 fully saturated rings. The van der Waals surface area contributed by atoms with Gasteiger partial charge in [0.2, 0.25) is 0 Å². The summed E-state index contributed by atoms with van der Waals surface area (Å²) in [5, 5.41) is 2.98. The molecular formula is C15H17N3O. The first-order chi connectivity index (χ1) is 9.20. The van der Waals surface area contributed by atoms with Crippen molar-refractivity contribution in [2.24, 2.45) is 0 Å². The van der Waals surface area contributed by atoms with E-state index in [4.69, 9.17) is 0 Å². The van der Waals surface area contributed by atoms with Crippen LogP contribution in [0.1, 0.15) is 41.0 Å². The van der Waals surface area contributed by atoms with Crippen molar-refractivity contribution in [3.05, 3.63) is 59.7 Å². The first-order valence-corrected chi connectivity index (χ1v) is 6.34. The molecule has 0 bridgehead atoms. The van der Waals surface area contributed by atoms with Crippen LogP contribution in [0.5, 0.6) is 0 Å². The fourth-order valence-corrected chi connectivity index (χ4v) is 1.87. The van der Waals surface area contributed by atoms with Crippen molar-refractivity contribution in [1.29, 1.82) is 0 Å². The molecule has 98 valence electrons. The predicted octanol–water partition coefficient (Wildman–Crippen LogP) is 2.67. The van der Waals surface area contributed by atoms with Crippen molar-refractivity contribution < 1.29 is 4.79 Å². The number of hydrogen-bond acceptors (Lipinski definition) is 3. The lowest BCUT2D eigenvalue weighted by Crippen LogP contribution is -2.28. The SMILES string of the molecule is CCC(NC(=O)c1cnccn1)c1ccc(C)cc1. The second-order valence-corrected chi connectivity index (χ2v) is 4.44. The van der Waals surface area contributed by atoms with Crippen LogP contribution in [-0.4, -0.2) is 15.9 Å². The molecule has 4 nitrogen and oxygen atoms in total. The van der Waals surface area contributed by atoms with Gasteiger partial charge in [-0.3, -0.25) is 9.78 Å². The molecule has 0 saturated carbocycles. The summed E-state index contributed by atoms with van der Waals surface area (Å²) < 4.78 is 0. The van der Waals surface area contributed by atoms with E-state index in [0.29, 0.717) is 5.69 Å². The number of nitrogens with one attached hydrogen (secondary N) is 1. The van der Waals surface area contributed by atoms with Gasteiger partial charge in [-0.05, 0) is 18.9 Å². The lowest BCUT2D eigenvalue weighted by atomic mass is 10.0. The van der Waals surface area contributed by atoms with Gasteiger partial charge in [-0.25, -0.2) is 4.98 Å². The summed E-state index contributed by atoms with van der Waals surface area (Å²) in [5.74, 6) is -0.194. The molecule has 0 spiro atoms. The van der Waals surface area contributed by atoms with E-state index in [1.165, 1.54) is 18.0 Å². The van der Waals surface area contributed by atoms with Gasteiger partial charge in [0.25, 0.3) is 5.91 Å². The van der Waals surface area contributed by atoms with Crippen molar-refractivity contribution in [1.82, 2.24) is 15.3 Å². The molecule has 0 saturated heterocycles. The van der Waals surface area contributed by atoms with Gasteiger partial charge in [-0.2, -0.15) is 0 Å². The largest absolute Gasteiger partial charge is 0.344 e. The zero-order valence-electron chi connectivity index (χ0n) is 11.1. The van der Waals surface area contributed by atoms with Crippen LogP contribution in [0.3, 0.4) is 0 Å². The zero-order valence-corrected chi connectivity index (χ0v) is 11.1. The molecular weight excluding hydrogens is 238 g/mol. The molecule has 1 amide bonds. The second kappa shape index (κ2) is 6.09. The first-order valence-electron chi connectivity index (χ1n) is 6.34. The van der Waals surface area contributed by atoms with E-state index in [1.807, 2.05) is 38.1 Å². The molecule has 1 aromatic heterocycles. The van der Waals surface area contributed by atoms with Crippen LogP contribution in [0.4, 0.5) is 0 Å². The summed E-state index contributed by atoms with van der Waals surface area (Å²) in [5.41, 5.74) is 2.65. The minimum absolute atomic E-state index is 0.00453. The maximum absolute atomic E-state index is 12.0. The molecule has 4 heteroatoms. The van der Waals surface area contributed by atoms with Crippen LogP contribution in [0.2, 0.25) is 0 Å². The number of benzene rings is 1. The van der Waals surface area contributed by atoms with Crippen LogP contribution < -0.4 is 5.32 Å². The van der Waals surface area contributed by atoms with Gasteiger partial charge < -0.3 is 5.32 Å². The maximum Gasteiger partial charge on any atom is 0.271 e. The summed E-state index contributed by atoms with van der Waals surface area (Å²) in [6, 6.07) is 8.18. The lowest BCUT2D eigenvalue weighted by Gasteiger charge is -2.17. The average Bonchev–Trinajstić information content (AvgIpc) is 2.46. The van der Waals surface area contributed by atoms with E-state index in [1.54, 1.807) is 6.20 Å². The number of carbonyl (C=O) groups excluding carboxylic acids is 1. The van der Waals surface area contributed by atoms with Crippen LogP contribution >= 0.6 is 0 Å². The summed E-state index contributed by atoms with van der Waals surface area (Å²) in [4.78, 5) is 19.9. The van der Waals surface area contributed by atoms with Gasteiger partial charge in [0.1, 0.15) is 5.69 Å². The van der Waals surface area contributed by atoms with E-state index in [2.05, 4.69) is 15.3 Å². The minimum Gasteiger partial charge on any atom is -0.344 e. The molecule has 1 unspecified atom stereocenters. The van der Waals surface area contributed by atoms with E-state index in [0.717, 1.165) is 12.0 Å². The third-order valence-electron chi connectivity index (χ3n) is 2.99. The van der Waals surface area contributed by atoms with Crippen molar-refractivity contribution in [2.75, 3.05) is 0 Å². The highest BCUT2D eigenvalue weighted by molar-refractivity contribution is 5.92. The molecule has 19 heavy (non-hydrogen) atoms. The summed E-state index contributed by atoms with van der Waals surface area (Å²) in [6.07, 6.45) is 5.36. The normalized spacial score (nSPS) is 11.9. The fourth-order valence-electron chi connectivity index (χ4n) is 1.87. The Morgan fingerprint density at radius 2 is 2.00 bits per heavy atom. The third-order valence-corrected chi connectivity index (χ3v) is 2.99. The van der Waals surface area contributed by atoms with E-state index in [9.17, 15) is 4.79 Å². The Hall–Kier alpha value is -2.23. The van der Waals surface area contributed by atoms with E-state index in [-0.39, 0.29) is 11.9 Å². The van der Waals surface area contributed by atoms with E-state index >= 15 is 0 Å². The third kappa shape index (κ3) is 3.37. The minimum atomic E-state index is -0.194. The molecule has 2 rings (SSSR count). The number of nitrogens with zero attached hydrogens (tertiary/aromatic N) is 2. The molecule has 0 radical (unpaired) electrons. The average molecular weight is 255 g/mol. The fraction of sp³-hybridized carbons (Fsp3) is 0.267. The van der Waals surface area contributed by atoms with Crippen molar-refractivity contribution in [3.63, 3.8) is 0 Å². The van der Waals surface area contributed by atoms with Gasteiger partial charge in [0, 0.05) is 12.4 Å². The molecule has 0 aliphatic heterocycles. The monoisotopic (exact) mass is 255 g/mol. The maximum atomic E-state index is 12.0. The Bertz CT molecular complexity index is 537. The first kappa shape index (κ1) is 13.2. The van der Waals surface area contributed by atoms with Gasteiger partial charge in [0.15, 0.2) is 0 Å². The Labute approximate surface area is 112 Å². The zero-order chi connectivity index (χ0) is 13.7. The smallest absolute Gasteiger partial charge is 0.271 e. The van der Waals surface area contributed by atoms with E-state index < -0.39 is 0 Å². The quantitative estimate of drug-likeness (QED) is 0.913. The van der Waals surface area contributed by atoms with Crippen molar-refractivity contribution >= 4 is 5.91 Å². The molecule has 1 N–H and O–H groups in total. The number of aromatic nitrogens is 2. The molecule has 1 heterocycles. The predicted molar refractivity (Wildman–Crippen MR) is 73.7 cm³/mol. The Kier molecular flexibility index (Phi) is 4.23. The van der Waals surface area contributed by atoms with Crippen LogP contribution in [0.25, 0.3) is 0 Å². The summed E-state index contributed by atoms with van der Waals surface area (Å²) in [6.45, 7) is 4.09. The summed E-state index contributed by atoms with van der Waals surface area (Å²) >= 11 is 0. The topological polar surface area (TPSA) is 54.9 Å². The molecule has 1 aromatic carbocycles. The summed E-state index contributed by atoms with van der Waals surface area (Å²) in [7, 11) is 0. The van der Waals surface area contributed by atoms with Gasteiger partial charge in [0.05, 0.1) is 12.2 Å². The van der Waals surface area contributed by atoms with Crippen LogP contribution in [0, 0.1) is 6.92 Å². The highest BCUT2D eigenvalue weighted by Gasteiger charge is 2.14. The number of aryl methyl sites for hydroxylation is 1. The number of hydrogen-bond donors (Lipinski definition) is 1. The number of carbonyl (C=O) groups is 1. The second-order valence-electron chi connectivity index (χ2n) is 4.44. The Morgan fingerprint density at radius 1 is 1.26 bits per heavy atom. The molecule has 0 aliphatic rings. The lowest BCUT2D eigenvalue weighted by molar-refractivity contribution is 0.0930. The number of rotatable bonds is 4.